The summed E-state index contributed by atoms with van der Waals surface area (Å²) < 4.78 is 5.65. The Kier molecular flexibility index (Phi) is 5.10. The summed E-state index contributed by atoms with van der Waals surface area (Å²) in [6.07, 6.45) is 3.28. The fourth-order valence-electron chi connectivity index (χ4n) is 2.44. The molecule has 1 fully saturated rings. The number of hydrogen-bond acceptors (Lipinski definition) is 3. The fraction of sp³-hybridized carbons (Fsp3) is 0.846. The Morgan fingerprint density at radius 1 is 1.50 bits per heavy atom. The minimum absolute atomic E-state index is 0.0725. The van der Waals surface area contributed by atoms with Gasteiger partial charge >= 0.3 is 0 Å². The van der Waals surface area contributed by atoms with E-state index in [0.29, 0.717) is 19.4 Å². The van der Waals surface area contributed by atoms with E-state index >= 15 is 0 Å². The van der Waals surface area contributed by atoms with Crippen LogP contribution < -0.4 is 11.1 Å². The maximum atomic E-state index is 12.3. The third-order valence-corrected chi connectivity index (χ3v) is 4.43. The van der Waals surface area contributed by atoms with E-state index in [4.69, 9.17) is 22.7 Å². The van der Waals surface area contributed by atoms with Crippen LogP contribution in [0, 0.1) is 5.41 Å². The topological polar surface area (TPSA) is 64.3 Å². The molecule has 4 nitrogen and oxygen atoms in total. The van der Waals surface area contributed by atoms with Crippen LogP contribution in [0.3, 0.4) is 0 Å². The first-order valence-electron chi connectivity index (χ1n) is 6.62. The lowest BCUT2D eigenvalue weighted by molar-refractivity contribution is -0.129. The molecule has 0 aliphatic carbocycles. The molecule has 0 aromatic carbocycles. The Bertz CT molecular complexity index is 321. The predicted octanol–water partition coefficient (Wildman–Crippen LogP) is 1.76. The summed E-state index contributed by atoms with van der Waals surface area (Å²) in [6.45, 7) is 7.21. The van der Waals surface area contributed by atoms with Crippen molar-refractivity contribution in [3.05, 3.63) is 0 Å². The van der Waals surface area contributed by atoms with E-state index in [0.717, 1.165) is 19.4 Å². The summed E-state index contributed by atoms with van der Waals surface area (Å²) in [4.78, 5) is 12.6. The number of amides is 1. The first-order chi connectivity index (χ1) is 8.40. The zero-order chi connectivity index (χ0) is 13.8. The van der Waals surface area contributed by atoms with Gasteiger partial charge in [-0.2, -0.15) is 0 Å². The number of hydrogen-bond donors (Lipinski definition) is 2. The zero-order valence-corrected chi connectivity index (χ0v) is 12.4. The van der Waals surface area contributed by atoms with Gasteiger partial charge < -0.3 is 15.8 Å². The number of ether oxygens (including phenoxy) is 1. The second-order valence-corrected chi connectivity index (χ2v) is 5.68. The van der Waals surface area contributed by atoms with E-state index in [1.54, 1.807) is 0 Å². The molecule has 1 aliphatic rings. The van der Waals surface area contributed by atoms with Crippen molar-refractivity contribution in [3.8, 4) is 0 Å². The first kappa shape index (κ1) is 15.4. The highest BCUT2D eigenvalue weighted by atomic mass is 32.1. The van der Waals surface area contributed by atoms with Gasteiger partial charge in [0.05, 0.1) is 16.0 Å². The van der Waals surface area contributed by atoms with Crippen molar-refractivity contribution in [3.63, 3.8) is 0 Å². The van der Waals surface area contributed by atoms with Gasteiger partial charge in [0.15, 0.2) is 0 Å². The molecule has 18 heavy (non-hydrogen) atoms. The monoisotopic (exact) mass is 272 g/mol. The Labute approximate surface area is 115 Å². The lowest BCUT2D eigenvalue weighted by atomic mass is 9.81. The van der Waals surface area contributed by atoms with E-state index in [9.17, 15) is 4.79 Å². The fourth-order valence-corrected chi connectivity index (χ4v) is 2.83. The molecule has 1 saturated heterocycles. The summed E-state index contributed by atoms with van der Waals surface area (Å²) >= 11 is 5.07. The van der Waals surface area contributed by atoms with Crippen LogP contribution in [-0.2, 0) is 9.53 Å². The summed E-state index contributed by atoms with van der Waals surface area (Å²) in [6, 6.07) is 0. The summed E-state index contributed by atoms with van der Waals surface area (Å²) in [7, 11) is 0. The van der Waals surface area contributed by atoms with Crippen molar-refractivity contribution in [2.75, 3.05) is 13.2 Å². The number of thiocarbonyl (C=S) groups is 1. The summed E-state index contributed by atoms with van der Waals surface area (Å²) in [5, 5.41) is 2.96. The van der Waals surface area contributed by atoms with Crippen LogP contribution in [0.5, 0.6) is 0 Å². The molecule has 1 heterocycles. The molecular weight excluding hydrogens is 248 g/mol. The van der Waals surface area contributed by atoms with Crippen molar-refractivity contribution in [1.29, 1.82) is 0 Å². The molecular formula is C13H24N2O2S. The maximum Gasteiger partial charge on any atom is 0.233 e. The van der Waals surface area contributed by atoms with Crippen molar-refractivity contribution in [1.82, 2.24) is 5.32 Å². The Morgan fingerprint density at radius 2 is 2.11 bits per heavy atom. The lowest BCUT2D eigenvalue weighted by Crippen LogP contribution is -2.51. The number of nitrogens with two attached hydrogens (primary N) is 1. The molecule has 0 aromatic heterocycles. The molecule has 1 amide bonds. The molecule has 0 spiro atoms. The quantitative estimate of drug-likeness (QED) is 0.723. The molecule has 0 bridgehead atoms. The van der Waals surface area contributed by atoms with Crippen LogP contribution in [0.25, 0.3) is 0 Å². The number of nitrogens with one attached hydrogen (secondary N) is 1. The molecule has 3 N–H and O–H groups in total. The minimum Gasteiger partial charge on any atom is -0.392 e. The molecule has 1 rings (SSSR count). The van der Waals surface area contributed by atoms with Gasteiger partial charge in [0, 0.05) is 13.2 Å². The van der Waals surface area contributed by atoms with Gasteiger partial charge in [0.25, 0.3) is 0 Å². The van der Waals surface area contributed by atoms with Crippen molar-refractivity contribution < 1.29 is 9.53 Å². The molecule has 0 aromatic rings. The summed E-state index contributed by atoms with van der Waals surface area (Å²) in [5.74, 6) is -0.0725. The maximum absolute atomic E-state index is 12.3. The van der Waals surface area contributed by atoms with Crippen LogP contribution in [0.15, 0.2) is 0 Å². The van der Waals surface area contributed by atoms with Crippen molar-refractivity contribution >= 4 is 23.1 Å². The molecule has 0 radical (unpaired) electrons. The molecule has 1 atom stereocenters. The average Bonchev–Trinajstić information content (AvgIpc) is 2.76. The van der Waals surface area contributed by atoms with Gasteiger partial charge in [0.2, 0.25) is 5.91 Å². The highest BCUT2D eigenvalue weighted by molar-refractivity contribution is 7.80. The molecule has 1 unspecified atom stereocenters. The van der Waals surface area contributed by atoms with Crippen LogP contribution in [-0.4, -0.2) is 29.6 Å². The van der Waals surface area contributed by atoms with Crippen LogP contribution in [0.2, 0.25) is 0 Å². The van der Waals surface area contributed by atoms with Gasteiger partial charge in [0.1, 0.15) is 0 Å². The second kappa shape index (κ2) is 5.97. The van der Waals surface area contributed by atoms with Crippen molar-refractivity contribution in [2.24, 2.45) is 11.1 Å². The number of carbonyl (C=O) groups excluding carboxylic acids is 1. The van der Waals surface area contributed by atoms with Gasteiger partial charge in [-0.05, 0) is 32.6 Å². The summed E-state index contributed by atoms with van der Waals surface area (Å²) in [5.41, 5.74) is 4.79. The second-order valence-electron chi connectivity index (χ2n) is 5.24. The van der Waals surface area contributed by atoms with Gasteiger partial charge in [-0.15, -0.1) is 0 Å². The third kappa shape index (κ3) is 3.01. The van der Waals surface area contributed by atoms with Gasteiger partial charge in [-0.25, -0.2) is 0 Å². The normalized spacial score (nSPS) is 23.9. The third-order valence-electron chi connectivity index (χ3n) is 4.04. The molecule has 104 valence electrons. The van der Waals surface area contributed by atoms with E-state index in [-0.39, 0.29) is 16.5 Å². The van der Waals surface area contributed by atoms with Gasteiger partial charge in [-0.3, -0.25) is 4.79 Å². The number of carbonyl (C=O) groups is 1. The van der Waals surface area contributed by atoms with E-state index in [2.05, 4.69) is 5.32 Å². The highest BCUT2D eigenvalue weighted by Gasteiger charge is 2.39. The standard InChI is InChI=1S/C13H24N2O2S/c1-4-13(5-2,10(14)18)11(16)15-9-12(3)7-6-8-17-12/h4-9H2,1-3H3,(H2,14,18)(H,15,16). The minimum atomic E-state index is -0.718. The zero-order valence-electron chi connectivity index (χ0n) is 11.5. The first-order valence-corrected chi connectivity index (χ1v) is 7.03. The average molecular weight is 272 g/mol. The van der Waals surface area contributed by atoms with Crippen LogP contribution in [0.4, 0.5) is 0 Å². The Hall–Kier alpha value is -0.680. The van der Waals surface area contributed by atoms with Crippen LogP contribution in [0.1, 0.15) is 46.5 Å². The molecule has 1 aliphatic heterocycles. The van der Waals surface area contributed by atoms with E-state index < -0.39 is 5.41 Å². The SMILES string of the molecule is CCC(CC)(C(=O)NCC1(C)CCCO1)C(N)=S. The largest absolute Gasteiger partial charge is 0.392 e. The highest BCUT2D eigenvalue weighted by Crippen LogP contribution is 2.28. The predicted molar refractivity (Wildman–Crippen MR) is 76.4 cm³/mol. The Morgan fingerprint density at radius 3 is 2.50 bits per heavy atom. The van der Waals surface area contributed by atoms with E-state index in [1.807, 2.05) is 20.8 Å². The Balaban J connectivity index is 2.65. The molecule has 0 saturated carbocycles. The molecule has 5 heteroatoms. The smallest absolute Gasteiger partial charge is 0.233 e. The van der Waals surface area contributed by atoms with Crippen LogP contribution >= 0.6 is 12.2 Å². The lowest BCUT2D eigenvalue weighted by Gasteiger charge is -2.31. The van der Waals surface area contributed by atoms with Gasteiger partial charge in [-0.1, -0.05) is 26.1 Å². The number of rotatable bonds is 6. The van der Waals surface area contributed by atoms with E-state index in [1.165, 1.54) is 0 Å². The van der Waals surface area contributed by atoms with Crippen molar-refractivity contribution in [2.45, 2.75) is 52.1 Å².